The van der Waals surface area contributed by atoms with Gasteiger partial charge in [0.2, 0.25) is 0 Å². The molecule has 31 heavy (non-hydrogen) atoms. The number of halogens is 4. The number of rotatable bonds is 6. The summed E-state index contributed by atoms with van der Waals surface area (Å²) in [6.07, 6.45) is 0.00420. The maximum Gasteiger partial charge on any atom is 0.419 e. The number of ether oxygens (including phenoxy) is 1. The third kappa shape index (κ3) is 4.58. The molecule has 1 heterocycles. The first kappa shape index (κ1) is 21.4. The fourth-order valence-corrected chi connectivity index (χ4v) is 3.89. The second-order valence-corrected chi connectivity index (χ2v) is 7.98. The summed E-state index contributed by atoms with van der Waals surface area (Å²) in [7, 11) is 3.99. The Morgan fingerprint density at radius 2 is 1.90 bits per heavy atom. The van der Waals surface area contributed by atoms with E-state index in [-0.39, 0.29) is 17.9 Å². The Morgan fingerprint density at radius 3 is 2.61 bits per heavy atom. The standard InChI is InChI=1S/C23H23F4N3O/c1-30(2)22-6-3-14-12-28-8-7-18(14)19(22)13-29-15-9-17(10-15)31-16-4-5-21(24)20(11-16)23(25,26)27/h3-8,11-12,15,17,29H,9-10,13H2,1-2H3. The van der Waals surface area contributed by atoms with E-state index in [0.717, 1.165) is 28.6 Å². The molecule has 0 saturated heterocycles. The Balaban J connectivity index is 1.38. The van der Waals surface area contributed by atoms with Crippen molar-refractivity contribution in [1.29, 1.82) is 0 Å². The van der Waals surface area contributed by atoms with Crippen LogP contribution in [0.25, 0.3) is 10.8 Å². The zero-order valence-corrected chi connectivity index (χ0v) is 17.2. The summed E-state index contributed by atoms with van der Waals surface area (Å²) in [5.74, 6) is -1.26. The highest BCUT2D eigenvalue weighted by molar-refractivity contribution is 5.89. The fourth-order valence-electron chi connectivity index (χ4n) is 3.89. The Morgan fingerprint density at radius 1 is 1.13 bits per heavy atom. The topological polar surface area (TPSA) is 37.4 Å². The molecule has 0 unspecified atom stereocenters. The van der Waals surface area contributed by atoms with Crippen molar-refractivity contribution in [3.8, 4) is 5.75 Å². The quantitative estimate of drug-likeness (QED) is 0.545. The Bertz CT molecular complexity index is 1080. The van der Waals surface area contributed by atoms with Crippen LogP contribution in [0.15, 0.2) is 48.8 Å². The fraction of sp³-hybridized carbons (Fsp3) is 0.348. The number of aromatic nitrogens is 1. The molecule has 0 spiro atoms. The van der Waals surface area contributed by atoms with Crippen LogP contribution in [-0.2, 0) is 12.7 Å². The minimum Gasteiger partial charge on any atom is -0.490 e. The van der Waals surface area contributed by atoms with E-state index in [1.165, 1.54) is 11.6 Å². The average Bonchev–Trinajstić information content (AvgIpc) is 2.69. The van der Waals surface area contributed by atoms with E-state index in [1.807, 2.05) is 32.4 Å². The van der Waals surface area contributed by atoms with E-state index >= 15 is 0 Å². The second kappa shape index (κ2) is 8.34. The van der Waals surface area contributed by atoms with Gasteiger partial charge in [0.05, 0.1) is 5.56 Å². The Hall–Kier alpha value is -2.87. The molecule has 0 aliphatic heterocycles. The molecular formula is C23H23F4N3O. The maximum absolute atomic E-state index is 13.4. The lowest BCUT2D eigenvalue weighted by molar-refractivity contribution is -0.140. The molecule has 8 heteroatoms. The maximum atomic E-state index is 13.4. The van der Waals surface area contributed by atoms with E-state index in [2.05, 4.69) is 21.3 Å². The summed E-state index contributed by atoms with van der Waals surface area (Å²) in [6, 6.07) is 9.07. The first-order valence-electron chi connectivity index (χ1n) is 10.0. The van der Waals surface area contributed by atoms with Gasteiger partial charge in [-0.25, -0.2) is 4.39 Å². The first-order valence-corrected chi connectivity index (χ1v) is 10.0. The summed E-state index contributed by atoms with van der Waals surface area (Å²) < 4.78 is 57.7. The highest BCUT2D eigenvalue weighted by Gasteiger charge is 2.35. The van der Waals surface area contributed by atoms with Crippen molar-refractivity contribution in [2.45, 2.75) is 37.7 Å². The number of benzene rings is 2. The van der Waals surface area contributed by atoms with Gasteiger partial charge in [-0.15, -0.1) is 0 Å². The lowest BCUT2D eigenvalue weighted by atomic mass is 9.88. The molecule has 1 N–H and O–H groups in total. The summed E-state index contributed by atoms with van der Waals surface area (Å²) in [6.45, 7) is 0.654. The highest BCUT2D eigenvalue weighted by Crippen LogP contribution is 2.35. The predicted molar refractivity (Wildman–Crippen MR) is 112 cm³/mol. The molecule has 1 aromatic heterocycles. The van der Waals surface area contributed by atoms with Crippen molar-refractivity contribution in [1.82, 2.24) is 10.3 Å². The molecule has 0 radical (unpaired) electrons. The SMILES string of the molecule is CN(C)c1ccc2cnccc2c1CNC1CC(Oc2ccc(F)c(C(F)(F)F)c2)C1. The second-order valence-electron chi connectivity index (χ2n) is 7.98. The van der Waals surface area contributed by atoms with Crippen LogP contribution in [0.2, 0.25) is 0 Å². The Kier molecular flexibility index (Phi) is 5.75. The monoisotopic (exact) mass is 433 g/mol. The van der Waals surface area contributed by atoms with Crippen LogP contribution in [0, 0.1) is 5.82 Å². The molecular weight excluding hydrogens is 410 g/mol. The molecule has 1 aliphatic rings. The van der Waals surface area contributed by atoms with Crippen LogP contribution in [-0.4, -0.2) is 31.2 Å². The van der Waals surface area contributed by atoms with E-state index in [4.69, 9.17) is 4.74 Å². The smallest absolute Gasteiger partial charge is 0.419 e. The molecule has 0 atom stereocenters. The van der Waals surface area contributed by atoms with Crippen LogP contribution in [0.4, 0.5) is 23.2 Å². The van der Waals surface area contributed by atoms with Crippen molar-refractivity contribution in [2.75, 3.05) is 19.0 Å². The minimum atomic E-state index is -4.74. The molecule has 3 aromatic rings. The summed E-state index contributed by atoms with van der Waals surface area (Å²) in [5.41, 5.74) is 0.979. The van der Waals surface area contributed by atoms with Gasteiger partial charge < -0.3 is 15.0 Å². The molecule has 1 fully saturated rings. The molecule has 1 aliphatic carbocycles. The van der Waals surface area contributed by atoms with Crippen LogP contribution in [0.5, 0.6) is 5.75 Å². The van der Waals surface area contributed by atoms with Crippen molar-refractivity contribution >= 4 is 16.5 Å². The zero-order chi connectivity index (χ0) is 22.2. The number of nitrogens with zero attached hydrogens (tertiary/aromatic N) is 2. The van der Waals surface area contributed by atoms with Gasteiger partial charge in [0.25, 0.3) is 0 Å². The van der Waals surface area contributed by atoms with Gasteiger partial charge in [0.1, 0.15) is 17.7 Å². The number of hydrogen-bond acceptors (Lipinski definition) is 4. The third-order valence-corrected chi connectivity index (χ3v) is 5.60. The van der Waals surface area contributed by atoms with E-state index in [9.17, 15) is 17.6 Å². The van der Waals surface area contributed by atoms with Crippen LogP contribution >= 0.6 is 0 Å². The van der Waals surface area contributed by atoms with Gasteiger partial charge >= 0.3 is 6.18 Å². The van der Waals surface area contributed by atoms with Crippen molar-refractivity contribution < 1.29 is 22.3 Å². The van der Waals surface area contributed by atoms with Crippen molar-refractivity contribution in [3.05, 3.63) is 65.7 Å². The Labute approximate surface area is 177 Å². The molecule has 4 nitrogen and oxygen atoms in total. The summed E-state index contributed by atoms with van der Waals surface area (Å²) >= 11 is 0. The van der Waals surface area contributed by atoms with Crippen molar-refractivity contribution in [2.24, 2.45) is 0 Å². The first-order chi connectivity index (χ1) is 14.7. The van der Waals surface area contributed by atoms with Crippen LogP contribution in [0.1, 0.15) is 24.0 Å². The number of alkyl halides is 3. The minimum absolute atomic E-state index is 0.0358. The van der Waals surface area contributed by atoms with E-state index in [1.54, 1.807) is 6.20 Å². The summed E-state index contributed by atoms with van der Waals surface area (Å²) in [4.78, 5) is 6.25. The number of nitrogens with one attached hydrogen (secondary N) is 1. The molecule has 2 aromatic carbocycles. The van der Waals surface area contributed by atoms with Gasteiger partial charge in [0, 0.05) is 50.1 Å². The number of fused-ring (bicyclic) bond motifs is 1. The van der Waals surface area contributed by atoms with Gasteiger partial charge in [-0.1, -0.05) is 6.07 Å². The van der Waals surface area contributed by atoms with E-state index < -0.39 is 17.6 Å². The van der Waals surface area contributed by atoms with Gasteiger partial charge in [-0.2, -0.15) is 13.2 Å². The molecule has 1 saturated carbocycles. The molecule has 4 rings (SSSR count). The summed E-state index contributed by atoms with van der Waals surface area (Å²) in [5, 5.41) is 5.71. The number of pyridine rings is 1. The predicted octanol–water partition coefficient (Wildman–Crippen LogP) is 5.16. The number of anilines is 1. The van der Waals surface area contributed by atoms with Gasteiger partial charge in [-0.3, -0.25) is 4.98 Å². The van der Waals surface area contributed by atoms with Crippen LogP contribution in [0.3, 0.4) is 0 Å². The van der Waals surface area contributed by atoms with Gasteiger partial charge in [-0.05, 0) is 54.1 Å². The molecule has 164 valence electrons. The van der Waals surface area contributed by atoms with Crippen molar-refractivity contribution in [3.63, 3.8) is 0 Å². The van der Waals surface area contributed by atoms with E-state index in [0.29, 0.717) is 19.4 Å². The average molecular weight is 433 g/mol. The van der Waals surface area contributed by atoms with Crippen LogP contribution < -0.4 is 15.0 Å². The van der Waals surface area contributed by atoms with Gasteiger partial charge in [0.15, 0.2) is 0 Å². The molecule has 0 amide bonds. The highest BCUT2D eigenvalue weighted by atomic mass is 19.4. The third-order valence-electron chi connectivity index (χ3n) is 5.60. The lowest BCUT2D eigenvalue weighted by Crippen LogP contribution is -2.46. The molecule has 0 bridgehead atoms. The zero-order valence-electron chi connectivity index (χ0n) is 17.2. The largest absolute Gasteiger partial charge is 0.490 e. The number of hydrogen-bond donors (Lipinski definition) is 1. The normalized spacial score (nSPS) is 18.6. The lowest BCUT2D eigenvalue weighted by Gasteiger charge is -2.36.